The van der Waals surface area contributed by atoms with Gasteiger partial charge in [0.15, 0.2) is 0 Å². The lowest BCUT2D eigenvalue weighted by Gasteiger charge is -2.62. The third kappa shape index (κ3) is 1.84. The van der Waals surface area contributed by atoms with Gasteiger partial charge in [-0.25, -0.2) is 0 Å². The molecule has 3 heteroatoms. The second-order valence-electron chi connectivity index (χ2n) is 9.29. The van der Waals surface area contributed by atoms with Crippen LogP contribution in [0.5, 0.6) is 0 Å². The number of carbonyl (C=O) groups excluding carboxylic acids is 1. The van der Waals surface area contributed by atoms with Gasteiger partial charge in [-0.15, -0.1) is 0 Å². The molecule has 0 spiro atoms. The Bertz CT molecular complexity index is 492. The monoisotopic (exact) mass is 305 g/mol. The molecule has 0 aromatic carbocycles. The van der Waals surface area contributed by atoms with Gasteiger partial charge in [0, 0.05) is 18.9 Å². The van der Waals surface area contributed by atoms with Crippen LogP contribution in [-0.2, 0) is 4.79 Å². The van der Waals surface area contributed by atoms with Crippen LogP contribution in [0.4, 0.5) is 0 Å². The lowest BCUT2D eigenvalue weighted by Crippen LogP contribution is -2.61. The standard InChI is InChI=1S/C19H31NO2/c1-18-8-7-12(21)9-11(18)3-4-13-14-5-6-16(22)19(14,2)10-15(20)17(13)18/h11,13-17,22H,3-10,20H2,1-2H3/t11?,13?,14?,15-,16?,17?,18-,19?/m0/s1. The number of hydrogen-bond acceptors (Lipinski definition) is 3. The minimum Gasteiger partial charge on any atom is -0.393 e. The van der Waals surface area contributed by atoms with E-state index in [4.69, 9.17) is 5.73 Å². The molecule has 3 N–H and O–H groups in total. The van der Waals surface area contributed by atoms with Gasteiger partial charge in [0.05, 0.1) is 6.10 Å². The second kappa shape index (κ2) is 4.80. The lowest BCUT2D eigenvalue weighted by atomic mass is 9.44. The molecule has 124 valence electrons. The smallest absolute Gasteiger partial charge is 0.133 e. The summed E-state index contributed by atoms with van der Waals surface area (Å²) in [6.07, 6.45) is 7.93. The maximum Gasteiger partial charge on any atom is 0.133 e. The van der Waals surface area contributed by atoms with E-state index < -0.39 is 0 Å². The first kappa shape index (κ1) is 15.1. The molecule has 0 aliphatic heterocycles. The summed E-state index contributed by atoms with van der Waals surface area (Å²) in [6.45, 7) is 4.71. The first-order valence-corrected chi connectivity index (χ1v) is 9.31. The fourth-order valence-electron chi connectivity index (χ4n) is 7.28. The minimum absolute atomic E-state index is 0.0360. The summed E-state index contributed by atoms with van der Waals surface area (Å²) in [5.41, 5.74) is 7.01. The van der Waals surface area contributed by atoms with E-state index in [1.165, 1.54) is 19.3 Å². The van der Waals surface area contributed by atoms with Crippen molar-refractivity contribution in [1.82, 2.24) is 0 Å². The number of Topliss-reactive ketones (excluding diaryl/α,β-unsaturated/α-hetero) is 1. The zero-order valence-electron chi connectivity index (χ0n) is 14.1. The first-order chi connectivity index (χ1) is 10.4. The zero-order chi connectivity index (χ0) is 15.7. The van der Waals surface area contributed by atoms with E-state index in [-0.39, 0.29) is 23.0 Å². The summed E-state index contributed by atoms with van der Waals surface area (Å²) in [7, 11) is 0. The number of fused-ring (bicyclic) bond motifs is 5. The quantitative estimate of drug-likeness (QED) is 0.723. The molecule has 0 saturated heterocycles. The molecule has 3 nitrogen and oxygen atoms in total. The summed E-state index contributed by atoms with van der Waals surface area (Å²) in [5.74, 6) is 2.88. The van der Waals surface area contributed by atoms with Gasteiger partial charge in [0.2, 0.25) is 0 Å². The van der Waals surface area contributed by atoms with Crippen molar-refractivity contribution in [3.8, 4) is 0 Å². The van der Waals surface area contributed by atoms with Crippen LogP contribution in [0.1, 0.15) is 65.2 Å². The van der Waals surface area contributed by atoms with Crippen molar-refractivity contribution in [2.45, 2.75) is 77.4 Å². The van der Waals surface area contributed by atoms with E-state index in [2.05, 4.69) is 13.8 Å². The Morgan fingerprint density at radius 1 is 1.14 bits per heavy atom. The van der Waals surface area contributed by atoms with Gasteiger partial charge in [0.25, 0.3) is 0 Å². The minimum atomic E-state index is -0.164. The van der Waals surface area contributed by atoms with E-state index in [1.54, 1.807) is 0 Å². The van der Waals surface area contributed by atoms with E-state index in [9.17, 15) is 9.90 Å². The predicted octanol–water partition coefficient (Wildman–Crippen LogP) is 2.90. The summed E-state index contributed by atoms with van der Waals surface area (Å²) in [6, 6.07) is 0.194. The van der Waals surface area contributed by atoms with E-state index in [0.717, 1.165) is 32.1 Å². The van der Waals surface area contributed by atoms with Gasteiger partial charge >= 0.3 is 0 Å². The summed E-state index contributed by atoms with van der Waals surface area (Å²) >= 11 is 0. The van der Waals surface area contributed by atoms with Crippen LogP contribution < -0.4 is 5.73 Å². The molecule has 4 saturated carbocycles. The van der Waals surface area contributed by atoms with Crippen molar-refractivity contribution < 1.29 is 9.90 Å². The first-order valence-electron chi connectivity index (χ1n) is 9.31. The molecule has 4 aliphatic carbocycles. The molecule has 0 bridgehead atoms. The van der Waals surface area contributed by atoms with Crippen molar-refractivity contribution in [2.24, 2.45) is 40.2 Å². The molecule has 0 radical (unpaired) electrons. The number of rotatable bonds is 0. The SMILES string of the molecule is CC12C[C@H](N)C3C(CCC4CC(=O)CC[C@@]43C)C1CCC2O. The Morgan fingerprint density at radius 2 is 1.91 bits per heavy atom. The average Bonchev–Trinajstić information content (AvgIpc) is 2.75. The molecule has 22 heavy (non-hydrogen) atoms. The Kier molecular flexibility index (Phi) is 3.30. The maximum absolute atomic E-state index is 11.9. The normalized spacial score (nSPS) is 57.9. The van der Waals surface area contributed by atoms with Gasteiger partial charge < -0.3 is 10.8 Å². The van der Waals surface area contributed by atoms with E-state index in [0.29, 0.717) is 29.5 Å². The number of carbonyl (C=O) groups is 1. The van der Waals surface area contributed by atoms with Gasteiger partial charge in [-0.2, -0.15) is 0 Å². The largest absolute Gasteiger partial charge is 0.393 e. The predicted molar refractivity (Wildman–Crippen MR) is 86.1 cm³/mol. The van der Waals surface area contributed by atoms with Crippen LogP contribution in [-0.4, -0.2) is 23.0 Å². The van der Waals surface area contributed by atoms with Crippen molar-refractivity contribution in [2.75, 3.05) is 0 Å². The van der Waals surface area contributed by atoms with Crippen LogP contribution in [0.2, 0.25) is 0 Å². The molecule has 4 fully saturated rings. The highest BCUT2D eigenvalue weighted by molar-refractivity contribution is 5.79. The van der Waals surface area contributed by atoms with Crippen molar-refractivity contribution >= 4 is 5.78 Å². The Morgan fingerprint density at radius 3 is 2.68 bits per heavy atom. The molecule has 6 unspecified atom stereocenters. The Balaban J connectivity index is 1.69. The van der Waals surface area contributed by atoms with Crippen LogP contribution in [0, 0.1) is 34.5 Å². The molecule has 0 aromatic heterocycles. The zero-order valence-corrected chi connectivity index (χ0v) is 14.1. The number of nitrogens with two attached hydrogens (primary N) is 1. The highest BCUT2D eigenvalue weighted by Gasteiger charge is 2.62. The summed E-state index contributed by atoms with van der Waals surface area (Å²) in [4.78, 5) is 11.9. The highest BCUT2D eigenvalue weighted by Crippen LogP contribution is 2.65. The third-order valence-electron chi connectivity index (χ3n) is 8.43. The molecule has 0 amide bonds. The van der Waals surface area contributed by atoms with Crippen LogP contribution in [0.15, 0.2) is 0 Å². The number of aliphatic hydroxyl groups excluding tert-OH is 1. The summed E-state index contributed by atoms with van der Waals surface area (Å²) in [5, 5.41) is 10.5. The number of ketones is 1. The molecule has 8 atom stereocenters. The second-order valence-corrected chi connectivity index (χ2v) is 9.29. The van der Waals surface area contributed by atoms with Crippen LogP contribution >= 0.6 is 0 Å². The fraction of sp³-hybridized carbons (Fsp3) is 0.947. The third-order valence-corrected chi connectivity index (χ3v) is 8.43. The van der Waals surface area contributed by atoms with Crippen molar-refractivity contribution in [1.29, 1.82) is 0 Å². The van der Waals surface area contributed by atoms with Crippen LogP contribution in [0.25, 0.3) is 0 Å². The molecule has 0 aromatic rings. The summed E-state index contributed by atoms with van der Waals surface area (Å²) < 4.78 is 0. The Labute approximate surface area is 134 Å². The van der Waals surface area contributed by atoms with E-state index >= 15 is 0 Å². The average molecular weight is 305 g/mol. The van der Waals surface area contributed by atoms with E-state index in [1.807, 2.05) is 0 Å². The van der Waals surface area contributed by atoms with Gasteiger partial charge in [0.1, 0.15) is 5.78 Å². The van der Waals surface area contributed by atoms with Crippen molar-refractivity contribution in [3.05, 3.63) is 0 Å². The van der Waals surface area contributed by atoms with Crippen molar-refractivity contribution in [3.63, 3.8) is 0 Å². The molecular formula is C19H31NO2. The van der Waals surface area contributed by atoms with Gasteiger partial charge in [-0.05, 0) is 73.0 Å². The number of hydrogen-bond donors (Lipinski definition) is 2. The molecular weight excluding hydrogens is 274 g/mol. The maximum atomic E-state index is 11.9. The fourth-order valence-corrected chi connectivity index (χ4v) is 7.28. The highest BCUT2D eigenvalue weighted by atomic mass is 16.3. The molecule has 4 rings (SSSR count). The lowest BCUT2D eigenvalue weighted by molar-refractivity contribution is -0.146. The Hall–Kier alpha value is -0.410. The van der Waals surface area contributed by atoms with Crippen LogP contribution in [0.3, 0.4) is 0 Å². The van der Waals surface area contributed by atoms with Gasteiger partial charge in [-0.3, -0.25) is 4.79 Å². The number of aliphatic hydroxyl groups is 1. The topological polar surface area (TPSA) is 63.3 Å². The molecule has 4 aliphatic rings. The van der Waals surface area contributed by atoms with Gasteiger partial charge in [-0.1, -0.05) is 13.8 Å². The molecule has 0 heterocycles.